The number of fused-ring (bicyclic) bond motifs is 1. The molecule has 0 fully saturated rings. The number of rotatable bonds is 6. The summed E-state index contributed by atoms with van der Waals surface area (Å²) in [4.78, 5) is 24.6. The summed E-state index contributed by atoms with van der Waals surface area (Å²) in [5, 5.41) is 5.49. The Morgan fingerprint density at radius 1 is 0.962 bits per heavy atom. The number of ether oxygens (including phenoxy) is 1. The third kappa shape index (κ3) is 5.25. The van der Waals surface area contributed by atoms with Gasteiger partial charge in [-0.3, -0.25) is 9.59 Å². The molecule has 1 N–H and O–H groups in total. The van der Waals surface area contributed by atoms with Crippen molar-refractivity contribution in [3.05, 3.63) is 71.8 Å². The predicted octanol–water partition coefficient (Wildman–Crippen LogP) is 4.77. The molecule has 0 unspecified atom stereocenters. The van der Waals surface area contributed by atoms with Gasteiger partial charge >= 0.3 is 5.97 Å². The molecule has 0 spiro atoms. The number of thioether (sulfide) groups is 1. The highest BCUT2D eigenvalue weighted by Crippen LogP contribution is 2.23. The highest BCUT2D eigenvalue weighted by atomic mass is 35.5. The standard InChI is InChI=1S/C20H16ClNO3S/c21-16-6-8-17(9-7-16)22-19(23)12-25-20(24)13-26-18-10-5-14-3-1-2-4-15(14)11-18/h1-11H,12-13H2,(H,22,23). The van der Waals surface area contributed by atoms with Gasteiger partial charge in [-0.25, -0.2) is 0 Å². The van der Waals surface area contributed by atoms with Gasteiger partial charge in [-0.15, -0.1) is 11.8 Å². The number of carbonyl (C=O) groups excluding carboxylic acids is 2. The molecule has 6 heteroatoms. The molecule has 0 radical (unpaired) electrons. The second-order valence-electron chi connectivity index (χ2n) is 5.51. The van der Waals surface area contributed by atoms with E-state index in [1.54, 1.807) is 24.3 Å². The zero-order valence-corrected chi connectivity index (χ0v) is 15.3. The number of amides is 1. The van der Waals surface area contributed by atoms with Crippen LogP contribution >= 0.6 is 23.4 Å². The van der Waals surface area contributed by atoms with Crippen LogP contribution in [0.5, 0.6) is 0 Å². The minimum atomic E-state index is -0.436. The lowest BCUT2D eigenvalue weighted by Gasteiger charge is -2.07. The van der Waals surface area contributed by atoms with Gasteiger partial charge in [0.05, 0.1) is 5.75 Å². The Morgan fingerprint density at radius 3 is 2.46 bits per heavy atom. The Hall–Kier alpha value is -2.50. The van der Waals surface area contributed by atoms with Crippen molar-refractivity contribution in [1.82, 2.24) is 0 Å². The molecule has 0 bridgehead atoms. The predicted molar refractivity (Wildman–Crippen MR) is 106 cm³/mol. The quantitative estimate of drug-likeness (QED) is 0.490. The first-order chi connectivity index (χ1) is 12.6. The van der Waals surface area contributed by atoms with Crippen LogP contribution in [0.4, 0.5) is 5.69 Å². The second-order valence-corrected chi connectivity index (χ2v) is 7.00. The van der Waals surface area contributed by atoms with E-state index in [2.05, 4.69) is 5.32 Å². The zero-order valence-electron chi connectivity index (χ0n) is 13.8. The van der Waals surface area contributed by atoms with Crippen LogP contribution in [0.15, 0.2) is 71.6 Å². The summed E-state index contributed by atoms with van der Waals surface area (Å²) in [5.41, 5.74) is 0.598. The van der Waals surface area contributed by atoms with Crippen molar-refractivity contribution in [2.45, 2.75) is 4.90 Å². The van der Waals surface area contributed by atoms with Gasteiger partial charge in [-0.2, -0.15) is 0 Å². The van der Waals surface area contributed by atoms with E-state index in [1.165, 1.54) is 11.8 Å². The van der Waals surface area contributed by atoms with Crippen LogP contribution in [-0.4, -0.2) is 24.2 Å². The lowest BCUT2D eigenvalue weighted by Crippen LogP contribution is -2.21. The van der Waals surface area contributed by atoms with E-state index in [1.807, 2.05) is 42.5 Å². The molecule has 132 valence electrons. The average Bonchev–Trinajstić information content (AvgIpc) is 2.66. The van der Waals surface area contributed by atoms with Crippen molar-refractivity contribution in [3.8, 4) is 0 Å². The Bertz CT molecular complexity index is 928. The van der Waals surface area contributed by atoms with E-state index in [9.17, 15) is 9.59 Å². The molecule has 0 saturated carbocycles. The number of nitrogens with one attached hydrogen (secondary N) is 1. The Labute approximate surface area is 160 Å². The molecule has 0 aliphatic rings. The second kappa shape index (κ2) is 8.74. The lowest BCUT2D eigenvalue weighted by molar-refractivity contribution is -0.144. The average molecular weight is 386 g/mol. The molecular weight excluding hydrogens is 370 g/mol. The number of halogens is 1. The molecular formula is C20H16ClNO3S. The van der Waals surface area contributed by atoms with Gasteiger partial charge in [0.25, 0.3) is 5.91 Å². The fraction of sp³-hybridized carbons (Fsp3) is 0.100. The number of carbonyl (C=O) groups is 2. The summed E-state index contributed by atoms with van der Waals surface area (Å²) in [6, 6.07) is 20.7. The fourth-order valence-electron chi connectivity index (χ4n) is 2.32. The van der Waals surface area contributed by atoms with E-state index in [0.717, 1.165) is 15.7 Å². The Morgan fingerprint density at radius 2 is 1.69 bits per heavy atom. The molecule has 3 aromatic rings. The number of benzene rings is 3. The zero-order chi connectivity index (χ0) is 18.4. The maximum Gasteiger partial charge on any atom is 0.316 e. The van der Waals surface area contributed by atoms with Crippen molar-refractivity contribution < 1.29 is 14.3 Å². The third-order valence-electron chi connectivity index (χ3n) is 3.57. The summed E-state index contributed by atoms with van der Waals surface area (Å²) >= 11 is 7.16. The first-order valence-corrected chi connectivity index (χ1v) is 9.29. The van der Waals surface area contributed by atoms with Crippen molar-refractivity contribution in [2.24, 2.45) is 0 Å². The van der Waals surface area contributed by atoms with Gasteiger partial charge in [0.15, 0.2) is 6.61 Å². The Balaban J connectivity index is 1.44. The summed E-state index contributed by atoms with van der Waals surface area (Å²) in [5.74, 6) is -0.683. The van der Waals surface area contributed by atoms with Gasteiger partial charge in [0.2, 0.25) is 0 Å². The molecule has 0 aromatic heterocycles. The van der Waals surface area contributed by atoms with Crippen molar-refractivity contribution in [3.63, 3.8) is 0 Å². The number of anilines is 1. The smallest absolute Gasteiger partial charge is 0.316 e. The summed E-state index contributed by atoms with van der Waals surface area (Å²) < 4.78 is 5.01. The van der Waals surface area contributed by atoms with Crippen LogP contribution in [-0.2, 0) is 14.3 Å². The normalized spacial score (nSPS) is 10.5. The van der Waals surface area contributed by atoms with Crippen molar-refractivity contribution >= 4 is 51.7 Å². The molecule has 0 saturated heterocycles. The summed E-state index contributed by atoms with van der Waals surface area (Å²) in [7, 11) is 0. The fourth-order valence-corrected chi connectivity index (χ4v) is 3.19. The van der Waals surface area contributed by atoms with Crippen LogP contribution in [0.1, 0.15) is 0 Å². The van der Waals surface area contributed by atoms with Gasteiger partial charge in [0.1, 0.15) is 0 Å². The SMILES string of the molecule is O=C(COC(=O)CSc1ccc2ccccc2c1)Nc1ccc(Cl)cc1. The molecule has 0 aliphatic heterocycles. The molecule has 4 nitrogen and oxygen atoms in total. The maximum absolute atomic E-state index is 11.8. The van der Waals surface area contributed by atoms with Gasteiger partial charge in [0, 0.05) is 15.6 Å². The van der Waals surface area contributed by atoms with Crippen LogP contribution in [0.3, 0.4) is 0 Å². The molecule has 1 amide bonds. The number of esters is 1. The van der Waals surface area contributed by atoms with Gasteiger partial charge in [-0.1, -0.05) is 41.9 Å². The van der Waals surface area contributed by atoms with Crippen LogP contribution < -0.4 is 5.32 Å². The first-order valence-electron chi connectivity index (χ1n) is 7.93. The summed E-state index contributed by atoms with van der Waals surface area (Å²) in [6.45, 7) is -0.320. The minimum Gasteiger partial charge on any atom is -0.455 e. The summed E-state index contributed by atoms with van der Waals surface area (Å²) in [6.07, 6.45) is 0. The molecule has 0 heterocycles. The minimum absolute atomic E-state index is 0.145. The molecule has 26 heavy (non-hydrogen) atoms. The van der Waals surface area contributed by atoms with E-state index >= 15 is 0 Å². The Kier molecular flexibility index (Phi) is 6.15. The molecule has 3 aromatic carbocycles. The van der Waals surface area contributed by atoms with Crippen molar-refractivity contribution in [2.75, 3.05) is 17.7 Å². The molecule has 0 aliphatic carbocycles. The van der Waals surface area contributed by atoms with Gasteiger partial charge in [-0.05, 0) is 47.2 Å². The van der Waals surface area contributed by atoms with Crippen LogP contribution in [0, 0.1) is 0 Å². The van der Waals surface area contributed by atoms with E-state index in [0.29, 0.717) is 10.7 Å². The number of hydrogen-bond acceptors (Lipinski definition) is 4. The molecule has 3 rings (SSSR count). The van der Waals surface area contributed by atoms with Gasteiger partial charge < -0.3 is 10.1 Å². The van der Waals surface area contributed by atoms with E-state index in [4.69, 9.17) is 16.3 Å². The maximum atomic E-state index is 11.8. The first kappa shape index (κ1) is 18.3. The van der Waals surface area contributed by atoms with Crippen LogP contribution in [0.2, 0.25) is 5.02 Å². The molecule has 0 atom stereocenters. The largest absolute Gasteiger partial charge is 0.455 e. The van der Waals surface area contributed by atoms with Crippen LogP contribution in [0.25, 0.3) is 10.8 Å². The third-order valence-corrected chi connectivity index (χ3v) is 4.79. The lowest BCUT2D eigenvalue weighted by atomic mass is 10.1. The van der Waals surface area contributed by atoms with E-state index < -0.39 is 11.9 Å². The highest BCUT2D eigenvalue weighted by molar-refractivity contribution is 8.00. The number of hydrogen-bond donors (Lipinski definition) is 1. The highest BCUT2D eigenvalue weighted by Gasteiger charge is 2.09. The monoisotopic (exact) mass is 385 g/mol. The van der Waals surface area contributed by atoms with E-state index in [-0.39, 0.29) is 12.4 Å². The topological polar surface area (TPSA) is 55.4 Å². The van der Waals surface area contributed by atoms with Crippen molar-refractivity contribution in [1.29, 1.82) is 0 Å².